The summed E-state index contributed by atoms with van der Waals surface area (Å²) < 4.78 is 5.55. The van der Waals surface area contributed by atoms with Gasteiger partial charge in [-0.15, -0.1) is 0 Å². The van der Waals surface area contributed by atoms with Gasteiger partial charge in [0.25, 0.3) is 5.91 Å². The first-order valence-electron chi connectivity index (χ1n) is 6.87. The van der Waals surface area contributed by atoms with Crippen LogP contribution in [0.4, 0.5) is 0 Å². The molecular weight excluding hydrogens is 270 g/mol. The largest absolute Gasteiger partial charge is 0.481 e. The summed E-state index contributed by atoms with van der Waals surface area (Å²) in [6, 6.07) is 5.60. The highest BCUT2D eigenvalue weighted by molar-refractivity contribution is 5.96. The normalized spacial score (nSPS) is 12.3. The maximum atomic E-state index is 12.0. The van der Waals surface area contributed by atoms with Crippen LogP contribution in [0, 0.1) is 19.8 Å². The number of nitrogens with one attached hydrogen (secondary N) is 1. The van der Waals surface area contributed by atoms with E-state index in [1.807, 2.05) is 26.0 Å². The third-order valence-electron chi connectivity index (χ3n) is 3.49. The molecule has 1 heterocycles. The lowest BCUT2D eigenvalue weighted by Gasteiger charge is -2.08. The van der Waals surface area contributed by atoms with Crippen LogP contribution in [0.5, 0.6) is 0 Å². The van der Waals surface area contributed by atoms with Gasteiger partial charge in [-0.3, -0.25) is 9.59 Å². The van der Waals surface area contributed by atoms with Crippen molar-refractivity contribution in [2.45, 2.75) is 27.2 Å². The number of aliphatic carboxylic acids is 1. The maximum absolute atomic E-state index is 12.0. The van der Waals surface area contributed by atoms with Crippen molar-refractivity contribution in [3.8, 4) is 0 Å². The molecule has 0 fully saturated rings. The minimum atomic E-state index is -0.869. The van der Waals surface area contributed by atoms with Gasteiger partial charge in [0, 0.05) is 18.4 Å². The molecule has 1 amide bonds. The van der Waals surface area contributed by atoms with E-state index in [0.717, 1.165) is 16.5 Å². The van der Waals surface area contributed by atoms with Gasteiger partial charge in [0.15, 0.2) is 5.76 Å². The van der Waals surface area contributed by atoms with E-state index in [1.165, 1.54) is 0 Å². The fraction of sp³-hybridized carbons (Fsp3) is 0.375. The van der Waals surface area contributed by atoms with Crippen LogP contribution < -0.4 is 5.32 Å². The van der Waals surface area contributed by atoms with Crippen LogP contribution in [0.15, 0.2) is 22.6 Å². The van der Waals surface area contributed by atoms with Crippen molar-refractivity contribution in [3.05, 3.63) is 35.1 Å². The average molecular weight is 289 g/mol. The first kappa shape index (κ1) is 15.1. The summed E-state index contributed by atoms with van der Waals surface area (Å²) in [4.78, 5) is 22.6. The van der Waals surface area contributed by atoms with Crippen molar-refractivity contribution in [2.75, 3.05) is 6.54 Å². The van der Waals surface area contributed by atoms with Crippen LogP contribution in [-0.2, 0) is 4.79 Å². The van der Waals surface area contributed by atoms with Crippen molar-refractivity contribution in [1.82, 2.24) is 5.32 Å². The second-order valence-electron chi connectivity index (χ2n) is 5.50. The second-order valence-corrected chi connectivity index (χ2v) is 5.50. The van der Waals surface area contributed by atoms with Gasteiger partial charge in [-0.1, -0.05) is 6.92 Å². The molecule has 112 valence electrons. The highest BCUT2D eigenvalue weighted by Gasteiger charge is 2.15. The van der Waals surface area contributed by atoms with E-state index in [1.54, 1.807) is 13.0 Å². The lowest BCUT2D eigenvalue weighted by Crippen LogP contribution is -2.28. The molecule has 5 heteroatoms. The zero-order chi connectivity index (χ0) is 15.6. The smallest absolute Gasteiger partial charge is 0.303 e. The summed E-state index contributed by atoms with van der Waals surface area (Å²) in [6.45, 7) is 6.08. The molecule has 0 aliphatic heterocycles. The van der Waals surface area contributed by atoms with Crippen molar-refractivity contribution in [2.24, 2.45) is 5.92 Å². The van der Waals surface area contributed by atoms with E-state index in [9.17, 15) is 9.59 Å². The van der Waals surface area contributed by atoms with Gasteiger partial charge in [-0.25, -0.2) is 0 Å². The van der Waals surface area contributed by atoms with Crippen LogP contribution in [0.2, 0.25) is 0 Å². The van der Waals surface area contributed by atoms with Crippen molar-refractivity contribution in [3.63, 3.8) is 0 Å². The van der Waals surface area contributed by atoms with Gasteiger partial charge in [0.2, 0.25) is 0 Å². The standard InChI is InChI=1S/C16H19NO4/c1-9(4-15(18)19)8-17-16(20)14-7-12-5-10(2)11(3)6-13(12)21-14/h5-7,9H,4,8H2,1-3H3,(H,17,20)(H,18,19). The summed E-state index contributed by atoms with van der Waals surface area (Å²) >= 11 is 0. The summed E-state index contributed by atoms with van der Waals surface area (Å²) in [5.41, 5.74) is 2.94. The van der Waals surface area contributed by atoms with Gasteiger partial charge >= 0.3 is 5.97 Å². The molecule has 1 aromatic heterocycles. The van der Waals surface area contributed by atoms with Crippen molar-refractivity contribution in [1.29, 1.82) is 0 Å². The van der Waals surface area contributed by atoms with Crippen LogP contribution in [0.1, 0.15) is 35.0 Å². The molecule has 0 spiro atoms. The number of rotatable bonds is 5. The number of fused-ring (bicyclic) bond motifs is 1. The number of carbonyl (C=O) groups is 2. The van der Waals surface area contributed by atoms with Gasteiger partial charge in [-0.05, 0) is 49.1 Å². The van der Waals surface area contributed by atoms with Crippen LogP contribution >= 0.6 is 0 Å². The van der Waals surface area contributed by atoms with E-state index in [4.69, 9.17) is 9.52 Å². The lowest BCUT2D eigenvalue weighted by molar-refractivity contribution is -0.137. The van der Waals surface area contributed by atoms with E-state index in [0.29, 0.717) is 12.1 Å². The highest BCUT2D eigenvalue weighted by Crippen LogP contribution is 2.23. The Morgan fingerprint density at radius 2 is 1.90 bits per heavy atom. The van der Waals surface area contributed by atoms with Crippen LogP contribution in [-0.4, -0.2) is 23.5 Å². The molecule has 0 bridgehead atoms. The Kier molecular flexibility index (Phi) is 4.31. The molecule has 2 rings (SSSR count). The maximum Gasteiger partial charge on any atom is 0.303 e. The molecule has 5 nitrogen and oxygen atoms in total. The summed E-state index contributed by atoms with van der Waals surface area (Å²) in [5, 5.41) is 12.3. The van der Waals surface area contributed by atoms with E-state index < -0.39 is 5.97 Å². The number of amides is 1. The van der Waals surface area contributed by atoms with Gasteiger partial charge in [-0.2, -0.15) is 0 Å². The summed E-state index contributed by atoms with van der Waals surface area (Å²) in [7, 11) is 0. The Balaban J connectivity index is 2.07. The average Bonchev–Trinajstić information content (AvgIpc) is 2.78. The van der Waals surface area contributed by atoms with Gasteiger partial charge in [0.05, 0.1) is 0 Å². The fourth-order valence-electron chi connectivity index (χ4n) is 2.14. The van der Waals surface area contributed by atoms with Gasteiger partial charge in [0.1, 0.15) is 5.58 Å². The van der Waals surface area contributed by atoms with E-state index in [-0.39, 0.29) is 24.0 Å². The van der Waals surface area contributed by atoms with Crippen molar-refractivity contribution >= 4 is 22.8 Å². The number of hydrogen-bond acceptors (Lipinski definition) is 3. The summed E-state index contributed by atoms with van der Waals surface area (Å²) in [6.07, 6.45) is 0.0266. The number of benzene rings is 1. The lowest BCUT2D eigenvalue weighted by atomic mass is 10.1. The minimum Gasteiger partial charge on any atom is -0.481 e. The zero-order valence-corrected chi connectivity index (χ0v) is 12.4. The van der Waals surface area contributed by atoms with E-state index >= 15 is 0 Å². The van der Waals surface area contributed by atoms with Gasteiger partial charge < -0.3 is 14.8 Å². The van der Waals surface area contributed by atoms with E-state index in [2.05, 4.69) is 5.32 Å². The number of aryl methyl sites for hydroxylation is 2. The Labute approximate surface area is 122 Å². The number of hydrogen-bond donors (Lipinski definition) is 2. The number of carbonyl (C=O) groups excluding carboxylic acids is 1. The zero-order valence-electron chi connectivity index (χ0n) is 12.4. The quantitative estimate of drug-likeness (QED) is 0.887. The van der Waals surface area contributed by atoms with Crippen molar-refractivity contribution < 1.29 is 19.1 Å². The molecule has 21 heavy (non-hydrogen) atoms. The molecule has 2 aromatic rings. The number of carboxylic acid groups (broad SMARTS) is 1. The summed E-state index contributed by atoms with van der Waals surface area (Å²) in [5.74, 6) is -1.07. The minimum absolute atomic E-state index is 0.0266. The fourth-order valence-corrected chi connectivity index (χ4v) is 2.14. The Hall–Kier alpha value is -2.30. The molecular formula is C16H19NO4. The Bertz CT molecular complexity index is 648. The van der Waals surface area contributed by atoms with Crippen LogP contribution in [0.3, 0.4) is 0 Å². The monoisotopic (exact) mass is 289 g/mol. The molecule has 0 saturated carbocycles. The first-order chi connectivity index (χ1) is 9.86. The molecule has 0 aliphatic carbocycles. The molecule has 2 N–H and O–H groups in total. The molecule has 1 unspecified atom stereocenters. The predicted octanol–water partition coefficient (Wildman–Crippen LogP) is 2.89. The SMILES string of the molecule is Cc1cc2cc(C(=O)NCC(C)CC(=O)O)oc2cc1C. The molecule has 0 radical (unpaired) electrons. The molecule has 0 saturated heterocycles. The third kappa shape index (κ3) is 3.62. The van der Waals surface area contributed by atoms with Crippen LogP contribution in [0.25, 0.3) is 11.0 Å². The number of carboxylic acids is 1. The third-order valence-corrected chi connectivity index (χ3v) is 3.49. The molecule has 0 aliphatic rings. The second kappa shape index (κ2) is 5.99. The molecule has 1 atom stereocenters. The first-order valence-corrected chi connectivity index (χ1v) is 6.87. The Morgan fingerprint density at radius 1 is 1.24 bits per heavy atom. The highest BCUT2D eigenvalue weighted by atomic mass is 16.4. The topological polar surface area (TPSA) is 79.5 Å². The predicted molar refractivity (Wildman–Crippen MR) is 79.4 cm³/mol. The Morgan fingerprint density at radius 3 is 2.57 bits per heavy atom. The molecule has 1 aromatic carbocycles. The number of furan rings is 1.